The highest BCUT2D eigenvalue weighted by Crippen LogP contribution is 2.47. The predicted octanol–water partition coefficient (Wildman–Crippen LogP) is 3.48. The van der Waals surface area contributed by atoms with Gasteiger partial charge in [-0.05, 0) is 40.8 Å². The molecule has 0 fully saturated rings. The number of methoxy groups -OCH3 is 1. The highest BCUT2D eigenvalue weighted by atomic mass is 32.2. The molecule has 0 heterocycles. The van der Waals surface area contributed by atoms with Gasteiger partial charge in [-0.2, -0.15) is 0 Å². The number of nitrogens with zero attached hydrogens (tertiary/aromatic N) is 1. The van der Waals surface area contributed by atoms with Crippen molar-refractivity contribution in [3.05, 3.63) is 71.3 Å². The summed E-state index contributed by atoms with van der Waals surface area (Å²) in [5, 5.41) is 9.64. The lowest BCUT2D eigenvalue weighted by Crippen LogP contribution is -2.50. The molecule has 156 valence electrons. The van der Waals surface area contributed by atoms with E-state index in [-0.39, 0.29) is 18.4 Å². The number of rotatable bonds is 6. The largest absolute Gasteiger partial charge is 0.497 e. The molecule has 6 heteroatoms. The summed E-state index contributed by atoms with van der Waals surface area (Å²) in [5.41, 5.74) is 3.28. The third kappa shape index (κ3) is 4.25. The van der Waals surface area contributed by atoms with Gasteiger partial charge in [0.25, 0.3) is 0 Å². The standard InChI is InChI=1S/C23H29NO4S/c1-23(2)21(12-13-25)20-15-19(28-4)11-10-18(20)14-22(23)24(3)29(26,27)16-17-8-6-5-7-9-17/h5-12,15,22,25H,13-14,16H2,1-4H3. The van der Waals surface area contributed by atoms with Crippen molar-refractivity contribution in [3.63, 3.8) is 0 Å². The lowest BCUT2D eigenvalue weighted by Gasteiger charge is -2.45. The molecule has 0 spiro atoms. The molecular weight excluding hydrogens is 386 g/mol. The van der Waals surface area contributed by atoms with Crippen LogP contribution in [0.25, 0.3) is 5.57 Å². The number of fused-ring (bicyclic) bond motifs is 1. The molecule has 1 unspecified atom stereocenters. The summed E-state index contributed by atoms with van der Waals surface area (Å²) < 4.78 is 33.3. The summed E-state index contributed by atoms with van der Waals surface area (Å²) in [6.45, 7) is 3.97. The molecule has 0 amide bonds. The third-order valence-corrected chi connectivity index (χ3v) is 7.74. The summed E-state index contributed by atoms with van der Waals surface area (Å²) in [5.74, 6) is 0.706. The maximum Gasteiger partial charge on any atom is 0.218 e. The van der Waals surface area contributed by atoms with Gasteiger partial charge >= 0.3 is 0 Å². The Morgan fingerprint density at radius 2 is 1.90 bits per heavy atom. The average molecular weight is 416 g/mol. The van der Waals surface area contributed by atoms with Crippen molar-refractivity contribution in [2.24, 2.45) is 5.41 Å². The first-order chi connectivity index (χ1) is 13.7. The minimum atomic E-state index is -3.52. The Balaban J connectivity index is 2.01. The quantitative estimate of drug-likeness (QED) is 0.784. The highest BCUT2D eigenvalue weighted by Gasteiger charge is 2.44. The van der Waals surface area contributed by atoms with E-state index in [0.29, 0.717) is 6.42 Å². The first-order valence-corrected chi connectivity index (χ1v) is 11.3. The fourth-order valence-electron chi connectivity index (χ4n) is 4.23. The van der Waals surface area contributed by atoms with Crippen molar-refractivity contribution in [1.29, 1.82) is 0 Å². The van der Waals surface area contributed by atoms with Gasteiger partial charge in [0, 0.05) is 18.5 Å². The van der Waals surface area contributed by atoms with Gasteiger partial charge in [-0.1, -0.05) is 56.3 Å². The van der Waals surface area contributed by atoms with Crippen molar-refractivity contribution in [3.8, 4) is 5.75 Å². The molecular formula is C23H29NO4S. The molecule has 29 heavy (non-hydrogen) atoms. The minimum absolute atomic E-state index is 0.0363. The van der Waals surface area contributed by atoms with Crippen molar-refractivity contribution in [2.75, 3.05) is 20.8 Å². The van der Waals surface area contributed by atoms with Gasteiger partial charge < -0.3 is 9.84 Å². The lowest BCUT2D eigenvalue weighted by atomic mass is 9.67. The molecule has 0 aliphatic heterocycles. The van der Waals surface area contributed by atoms with Crippen LogP contribution in [0.5, 0.6) is 5.75 Å². The molecule has 5 nitrogen and oxygen atoms in total. The average Bonchev–Trinajstić information content (AvgIpc) is 2.69. The number of aliphatic hydroxyl groups is 1. The Kier molecular flexibility index (Phi) is 6.17. The topological polar surface area (TPSA) is 66.8 Å². The Morgan fingerprint density at radius 1 is 1.21 bits per heavy atom. The molecule has 0 saturated carbocycles. The van der Waals surface area contributed by atoms with E-state index >= 15 is 0 Å². The number of hydrogen-bond donors (Lipinski definition) is 1. The Bertz CT molecular complexity index is 997. The van der Waals surface area contributed by atoms with Crippen LogP contribution in [0.3, 0.4) is 0 Å². The summed E-state index contributed by atoms with van der Waals surface area (Å²) in [6.07, 6.45) is 2.38. The highest BCUT2D eigenvalue weighted by molar-refractivity contribution is 7.88. The maximum absolute atomic E-state index is 13.2. The van der Waals surface area contributed by atoms with E-state index in [1.807, 2.05) is 62.4 Å². The van der Waals surface area contributed by atoms with Crippen molar-refractivity contribution < 1.29 is 18.3 Å². The molecule has 3 rings (SSSR count). The van der Waals surface area contributed by atoms with Gasteiger partial charge in [0.05, 0.1) is 19.5 Å². The number of ether oxygens (including phenoxy) is 1. The third-order valence-electron chi connectivity index (χ3n) is 5.91. The Labute approximate surface area is 173 Å². The van der Waals surface area contributed by atoms with Gasteiger partial charge in [0.1, 0.15) is 5.75 Å². The van der Waals surface area contributed by atoms with E-state index in [1.54, 1.807) is 20.2 Å². The molecule has 0 bridgehead atoms. The van der Waals surface area contributed by atoms with E-state index < -0.39 is 15.4 Å². The zero-order valence-corrected chi connectivity index (χ0v) is 18.2. The monoisotopic (exact) mass is 415 g/mol. The Morgan fingerprint density at radius 3 is 2.52 bits per heavy atom. The normalized spacial score (nSPS) is 19.9. The molecule has 1 aliphatic carbocycles. The van der Waals surface area contributed by atoms with Crippen LogP contribution in [0.4, 0.5) is 0 Å². The van der Waals surface area contributed by atoms with Crippen LogP contribution in [0.2, 0.25) is 0 Å². The SMILES string of the molecule is COc1ccc2c(c1)C(=CCO)C(C)(C)C(N(C)S(=O)(=O)Cc1ccccc1)C2. The molecule has 2 aromatic rings. The van der Waals surface area contributed by atoms with Crippen molar-refractivity contribution in [2.45, 2.75) is 32.1 Å². The summed E-state index contributed by atoms with van der Waals surface area (Å²) in [4.78, 5) is 0. The van der Waals surface area contributed by atoms with Gasteiger partial charge in [-0.3, -0.25) is 0 Å². The molecule has 0 saturated heterocycles. The van der Waals surface area contributed by atoms with E-state index in [1.165, 1.54) is 4.31 Å². The lowest BCUT2D eigenvalue weighted by molar-refractivity contribution is 0.228. The van der Waals surface area contributed by atoms with Crippen LogP contribution in [0, 0.1) is 5.41 Å². The van der Waals surface area contributed by atoms with Crippen LogP contribution in [0.1, 0.15) is 30.5 Å². The second kappa shape index (κ2) is 8.30. The van der Waals surface area contributed by atoms with Crippen LogP contribution in [0.15, 0.2) is 54.6 Å². The second-order valence-electron chi connectivity index (χ2n) is 8.02. The van der Waals surface area contributed by atoms with E-state index in [4.69, 9.17) is 4.74 Å². The van der Waals surface area contributed by atoms with Gasteiger partial charge in [0.2, 0.25) is 10.0 Å². The number of benzene rings is 2. The first kappa shape index (κ1) is 21.6. The fraction of sp³-hybridized carbons (Fsp3) is 0.391. The number of aliphatic hydroxyl groups excluding tert-OH is 1. The molecule has 2 aromatic carbocycles. The fourth-order valence-corrected chi connectivity index (χ4v) is 5.77. The molecule has 1 N–H and O–H groups in total. The van der Waals surface area contributed by atoms with Gasteiger partial charge in [-0.15, -0.1) is 0 Å². The summed E-state index contributed by atoms with van der Waals surface area (Å²) in [7, 11) is -0.233. The maximum atomic E-state index is 13.2. The van der Waals surface area contributed by atoms with Gasteiger partial charge in [0.15, 0.2) is 0 Å². The molecule has 0 aromatic heterocycles. The van der Waals surface area contributed by atoms with E-state index in [0.717, 1.165) is 28.0 Å². The van der Waals surface area contributed by atoms with Crippen LogP contribution < -0.4 is 4.74 Å². The minimum Gasteiger partial charge on any atom is -0.497 e. The van der Waals surface area contributed by atoms with E-state index in [2.05, 4.69) is 0 Å². The van der Waals surface area contributed by atoms with Crippen molar-refractivity contribution >= 4 is 15.6 Å². The first-order valence-electron chi connectivity index (χ1n) is 9.69. The predicted molar refractivity (Wildman–Crippen MR) is 116 cm³/mol. The number of sulfonamides is 1. The van der Waals surface area contributed by atoms with Crippen LogP contribution in [-0.2, 0) is 22.2 Å². The summed E-state index contributed by atoms with van der Waals surface area (Å²) in [6, 6.07) is 14.8. The number of likely N-dealkylation sites (N-methyl/N-ethyl adjacent to an activating group) is 1. The Hall–Kier alpha value is -2.15. The molecule has 1 atom stereocenters. The number of hydrogen-bond acceptors (Lipinski definition) is 4. The van der Waals surface area contributed by atoms with E-state index in [9.17, 15) is 13.5 Å². The smallest absolute Gasteiger partial charge is 0.218 e. The van der Waals surface area contributed by atoms with Crippen molar-refractivity contribution in [1.82, 2.24) is 4.31 Å². The van der Waals surface area contributed by atoms with Crippen LogP contribution in [-0.4, -0.2) is 44.6 Å². The molecule has 1 aliphatic rings. The zero-order chi connectivity index (χ0) is 21.2. The van der Waals surface area contributed by atoms with Gasteiger partial charge in [-0.25, -0.2) is 12.7 Å². The zero-order valence-electron chi connectivity index (χ0n) is 17.4. The van der Waals surface area contributed by atoms with Crippen LogP contribution >= 0.6 is 0 Å². The molecule has 0 radical (unpaired) electrons. The summed E-state index contributed by atoms with van der Waals surface area (Å²) >= 11 is 0. The second-order valence-corrected chi connectivity index (χ2v) is 10.1.